The zero-order chi connectivity index (χ0) is 37.0. The monoisotopic (exact) mass is 718 g/mol. The Morgan fingerprint density at radius 3 is 1.39 bits per heavy atom. The van der Waals surface area contributed by atoms with Crippen LogP contribution in [0.25, 0.3) is 111 Å². The van der Waals surface area contributed by atoms with Gasteiger partial charge in [0.05, 0.1) is 11.4 Å². The summed E-state index contributed by atoms with van der Waals surface area (Å²) in [6, 6.07) is 58.0. The lowest BCUT2D eigenvalue weighted by Crippen LogP contribution is -1.97. The number of rotatable bonds is 6. The van der Waals surface area contributed by atoms with E-state index in [9.17, 15) is 0 Å². The molecule has 11 rings (SSSR count). The third kappa shape index (κ3) is 5.43. The number of para-hydroxylation sites is 4. The van der Waals surface area contributed by atoms with Crippen LogP contribution in [0.3, 0.4) is 0 Å². The molecule has 0 spiro atoms. The molecule has 6 heteroatoms. The Labute approximate surface area is 321 Å². The summed E-state index contributed by atoms with van der Waals surface area (Å²) < 4.78 is 13.2. The van der Waals surface area contributed by atoms with Crippen LogP contribution in [0, 0.1) is 0 Å². The van der Waals surface area contributed by atoms with Crippen molar-refractivity contribution >= 4 is 43.9 Å². The average molecular weight is 719 g/mol. The molecule has 6 nitrogen and oxygen atoms in total. The number of aromatic nitrogens is 4. The molecule has 4 heterocycles. The molecule has 0 radical (unpaired) electrons. The van der Waals surface area contributed by atoms with Gasteiger partial charge in [-0.3, -0.25) is 0 Å². The fourth-order valence-electron chi connectivity index (χ4n) is 7.73. The van der Waals surface area contributed by atoms with Crippen LogP contribution in [0.2, 0.25) is 0 Å². The Kier molecular flexibility index (Phi) is 7.38. The molecule has 0 unspecified atom stereocenters. The van der Waals surface area contributed by atoms with E-state index in [0.717, 1.165) is 99.8 Å². The Hall–Kier alpha value is -7.70. The van der Waals surface area contributed by atoms with Crippen LogP contribution in [0.5, 0.6) is 0 Å². The van der Waals surface area contributed by atoms with Crippen LogP contribution in [-0.4, -0.2) is 19.9 Å². The number of nitrogens with zero attached hydrogens (tertiary/aromatic N) is 4. The minimum absolute atomic E-state index is 0.618. The minimum atomic E-state index is 0.618. The van der Waals surface area contributed by atoms with E-state index >= 15 is 0 Å². The normalized spacial score (nSPS) is 11.6. The van der Waals surface area contributed by atoms with Crippen molar-refractivity contribution < 1.29 is 8.83 Å². The fraction of sp³-hybridized carbons (Fsp3) is 0. The summed E-state index contributed by atoms with van der Waals surface area (Å²) in [6.45, 7) is 0. The van der Waals surface area contributed by atoms with Gasteiger partial charge in [-0.2, -0.15) is 0 Å². The average Bonchev–Trinajstić information content (AvgIpc) is 3.86. The van der Waals surface area contributed by atoms with E-state index in [-0.39, 0.29) is 0 Å². The highest BCUT2D eigenvalue weighted by atomic mass is 16.3. The van der Waals surface area contributed by atoms with E-state index in [1.54, 1.807) is 12.4 Å². The van der Waals surface area contributed by atoms with E-state index in [1.165, 1.54) is 0 Å². The molecule has 0 aliphatic carbocycles. The standard InChI is InChI=1S/C50H30N4O2/c1-2-11-31(12-3-1)43-30-44(54-50(53-43)33-23-21-32(22-24-33)49-51-25-10-26-52-49)36-28-34(37-15-8-17-41-39-13-4-6-19-45(39)55-47(37)41)27-35(29-36)38-16-9-18-42-40-14-5-7-20-46(40)56-48(38)42/h1-30H. The molecule has 11 aromatic rings. The highest BCUT2D eigenvalue weighted by molar-refractivity contribution is 6.11. The van der Waals surface area contributed by atoms with Gasteiger partial charge >= 0.3 is 0 Å². The van der Waals surface area contributed by atoms with E-state index < -0.39 is 0 Å². The van der Waals surface area contributed by atoms with Gasteiger partial charge in [-0.05, 0) is 53.6 Å². The third-order valence-corrected chi connectivity index (χ3v) is 10.4. The first-order valence-corrected chi connectivity index (χ1v) is 18.5. The van der Waals surface area contributed by atoms with E-state index in [0.29, 0.717) is 11.6 Å². The summed E-state index contributed by atoms with van der Waals surface area (Å²) in [5.74, 6) is 1.29. The molecule has 0 N–H and O–H groups in total. The first-order chi connectivity index (χ1) is 27.7. The quantitative estimate of drug-likeness (QED) is 0.170. The molecule has 0 aliphatic rings. The van der Waals surface area contributed by atoms with Crippen molar-refractivity contribution in [1.82, 2.24) is 19.9 Å². The molecule has 262 valence electrons. The second-order valence-corrected chi connectivity index (χ2v) is 13.8. The molecule has 0 aliphatic heterocycles. The molecule has 0 fully saturated rings. The van der Waals surface area contributed by atoms with E-state index in [1.807, 2.05) is 72.8 Å². The maximum Gasteiger partial charge on any atom is 0.160 e. The minimum Gasteiger partial charge on any atom is -0.455 e. The smallest absolute Gasteiger partial charge is 0.160 e. The number of hydrogen-bond acceptors (Lipinski definition) is 6. The largest absolute Gasteiger partial charge is 0.455 e. The summed E-state index contributed by atoms with van der Waals surface area (Å²) >= 11 is 0. The molecule has 0 saturated heterocycles. The Morgan fingerprint density at radius 2 is 0.804 bits per heavy atom. The lowest BCUT2D eigenvalue weighted by atomic mass is 9.93. The van der Waals surface area contributed by atoms with Crippen molar-refractivity contribution in [3.8, 4) is 67.5 Å². The van der Waals surface area contributed by atoms with Gasteiger partial charge in [-0.15, -0.1) is 0 Å². The SMILES string of the molecule is c1ccc(-c2cc(-c3cc(-c4cccc5c4oc4ccccc45)cc(-c4cccc5c4oc4ccccc45)c3)nc(-c3ccc(-c4ncccn4)cc3)n2)cc1. The van der Waals surface area contributed by atoms with Gasteiger partial charge in [0.25, 0.3) is 0 Å². The fourth-order valence-corrected chi connectivity index (χ4v) is 7.73. The maximum absolute atomic E-state index is 6.58. The second-order valence-electron chi connectivity index (χ2n) is 13.8. The topological polar surface area (TPSA) is 77.8 Å². The lowest BCUT2D eigenvalue weighted by Gasteiger charge is -2.14. The molecule has 0 bridgehead atoms. The van der Waals surface area contributed by atoms with Crippen molar-refractivity contribution in [3.05, 3.63) is 182 Å². The summed E-state index contributed by atoms with van der Waals surface area (Å²) in [4.78, 5) is 19.3. The molecule has 0 atom stereocenters. The van der Waals surface area contributed by atoms with Crippen molar-refractivity contribution in [1.29, 1.82) is 0 Å². The van der Waals surface area contributed by atoms with Crippen LogP contribution in [0.1, 0.15) is 0 Å². The number of furan rings is 2. The molecular weight excluding hydrogens is 689 g/mol. The van der Waals surface area contributed by atoms with Gasteiger partial charge in [0, 0.05) is 67.3 Å². The zero-order valence-electron chi connectivity index (χ0n) is 29.9. The van der Waals surface area contributed by atoms with Crippen LogP contribution in [0.15, 0.2) is 191 Å². The van der Waals surface area contributed by atoms with Crippen LogP contribution in [-0.2, 0) is 0 Å². The second kappa shape index (κ2) is 13.0. The molecular formula is C50H30N4O2. The van der Waals surface area contributed by atoms with E-state index in [4.69, 9.17) is 18.8 Å². The van der Waals surface area contributed by atoms with E-state index in [2.05, 4.69) is 107 Å². The molecule has 4 aromatic heterocycles. The Balaban J connectivity index is 1.15. The van der Waals surface area contributed by atoms with Gasteiger partial charge in [-0.25, -0.2) is 19.9 Å². The predicted octanol–water partition coefficient (Wildman–Crippen LogP) is 13.1. The van der Waals surface area contributed by atoms with Gasteiger partial charge in [-0.1, -0.05) is 127 Å². The first-order valence-electron chi connectivity index (χ1n) is 18.5. The summed E-state index contributed by atoms with van der Waals surface area (Å²) in [7, 11) is 0. The van der Waals surface area contributed by atoms with Gasteiger partial charge in [0.2, 0.25) is 0 Å². The van der Waals surface area contributed by atoms with Gasteiger partial charge in [0.15, 0.2) is 11.6 Å². The third-order valence-electron chi connectivity index (χ3n) is 10.4. The zero-order valence-corrected chi connectivity index (χ0v) is 29.9. The summed E-state index contributed by atoms with van der Waals surface area (Å²) in [5, 5.41) is 4.32. The molecule has 56 heavy (non-hydrogen) atoms. The van der Waals surface area contributed by atoms with Crippen LogP contribution < -0.4 is 0 Å². The first kappa shape index (κ1) is 31.8. The molecule has 0 saturated carbocycles. The number of fused-ring (bicyclic) bond motifs is 6. The van der Waals surface area contributed by atoms with Crippen molar-refractivity contribution in [2.45, 2.75) is 0 Å². The van der Waals surface area contributed by atoms with Crippen molar-refractivity contribution in [2.75, 3.05) is 0 Å². The summed E-state index contributed by atoms with van der Waals surface area (Å²) in [5.41, 5.74) is 12.8. The number of hydrogen-bond donors (Lipinski definition) is 0. The molecule has 0 amide bonds. The lowest BCUT2D eigenvalue weighted by molar-refractivity contribution is 0.670. The highest BCUT2D eigenvalue weighted by Gasteiger charge is 2.19. The van der Waals surface area contributed by atoms with Crippen LogP contribution >= 0.6 is 0 Å². The predicted molar refractivity (Wildman–Crippen MR) is 225 cm³/mol. The van der Waals surface area contributed by atoms with Crippen LogP contribution in [0.4, 0.5) is 0 Å². The van der Waals surface area contributed by atoms with Gasteiger partial charge in [0.1, 0.15) is 22.3 Å². The van der Waals surface area contributed by atoms with Crippen molar-refractivity contribution in [2.24, 2.45) is 0 Å². The Morgan fingerprint density at radius 1 is 0.321 bits per heavy atom. The Bertz CT molecular complexity index is 3110. The maximum atomic E-state index is 6.58. The number of benzene rings is 7. The molecule has 7 aromatic carbocycles. The summed E-state index contributed by atoms with van der Waals surface area (Å²) in [6.07, 6.45) is 3.50. The van der Waals surface area contributed by atoms with Gasteiger partial charge < -0.3 is 8.83 Å². The highest BCUT2D eigenvalue weighted by Crippen LogP contribution is 2.42. The van der Waals surface area contributed by atoms with Crippen molar-refractivity contribution in [3.63, 3.8) is 0 Å².